The minimum absolute atomic E-state index is 0.0637. The van der Waals surface area contributed by atoms with E-state index in [1.54, 1.807) is 11.0 Å². The predicted octanol–water partition coefficient (Wildman–Crippen LogP) is 2.93. The van der Waals surface area contributed by atoms with Crippen molar-refractivity contribution < 1.29 is 19.4 Å². The van der Waals surface area contributed by atoms with Gasteiger partial charge in [-0.2, -0.15) is 0 Å². The van der Waals surface area contributed by atoms with Crippen LogP contribution in [0.25, 0.3) is 0 Å². The van der Waals surface area contributed by atoms with Gasteiger partial charge in [0.15, 0.2) is 0 Å². The number of allylic oxidation sites excluding steroid dienone is 1. The SMILES string of the molecule is C=CC[C@H](CO)CC1COC(C)(C)N1C(=O)OCCCC. The first-order chi connectivity index (χ1) is 9.96. The Bertz CT molecular complexity index is 343. The lowest BCUT2D eigenvalue weighted by Gasteiger charge is -2.33. The molecule has 0 aromatic heterocycles. The van der Waals surface area contributed by atoms with Gasteiger partial charge in [0.25, 0.3) is 0 Å². The first-order valence-corrected chi connectivity index (χ1v) is 7.78. The van der Waals surface area contributed by atoms with Gasteiger partial charge >= 0.3 is 6.09 Å². The lowest BCUT2D eigenvalue weighted by Crippen LogP contribution is -2.48. The first kappa shape index (κ1) is 18.0. The number of carbonyl (C=O) groups excluding carboxylic acids is 1. The molecule has 1 rings (SSSR count). The Morgan fingerprint density at radius 1 is 1.62 bits per heavy atom. The van der Waals surface area contributed by atoms with Gasteiger partial charge in [-0.25, -0.2) is 4.79 Å². The van der Waals surface area contributed by atoms with Gasteiger partial charge in [-0.1, -0.05) is 19.4 Å². The molecule has 1 fully saturated rings. The molecule has 0 aromatic carbocycles. The zero-order valence-electron chi connectivity index (χ0n) is 13.5. The van der Waals surface area contributed by atoms with Crippen LogP contribution in [0, 0.1) is 5.92 Å². The number of amides is 1. The third-order valence-corrected chi connectivity index (χ3v) is 3.86. The maximum atomic E-state index is 12.3. The molecule has 1 saturated heterocycles. The van der Waals surface area contributed by atoms with Crippen LogP contribution in [-0.4, -0.2) is 47.7 Å². The van der Waals surface area contributed by atoms with Crippen molar-refractivity contribution in [3.8, 4) is 0 Å². The largest absolute Gasteiger partial charge is 0.449 e. The van der Waals surface area contributed by atoms with Crippen LogP contribution in [0.3, 0.4) is 0 Å². The Balaban J connectivity index is 2.69. The van der Waals surface area contributed by atoms with Crippen molar-refractivity contribution in [2.24, 2.45) is 5.92 Å². The molecule has 0 bridgehead atoms. The van der Waals surface area contributed by atoms with Crippen LogP contribution in [0.2, 0.25) is 0 Å². The average Bonchev–Trinajstić information content (AvgIpc) is 2.73. The molecule has 0 aromatic rings. The molecular weight excluding hydrogens is 270 g/mol. The molecule has 0 saturated carbocycles. The zero-order chi connectivity index (χ0) is 15.9. The van der Waals surface area contributed by atoms with Crippen molar-refractivity contribution in [1.29, 1.82) is 0 Å². The van der Waals surface area contributed by atoms with Crippen LogP contribution in [0.4, 0.5) is 4.79 Å². The van der Waals surface area contributed by atoms with Crippen LogP contribution >= 0.6 is 0 Å². The number of nitrogens with zero attached hydrogens (tertiary/aromatic N) is 1. The Kier molecular flexibility index (Phi) is 7.18. The Morgan fingerprint density at radius 3 is 2.90 bits per heavy atom. The highest BCUT2D eigenvalue weighted by Crippen LogP contribution is 2.32. The minimum Gasteiger partial charge on any atom is -0.449 e. The van der Waals surface area contributed by atoms with Gasteiger partial charge in [0, 0.05) is 6.61 Å². The summed E-state index contributed by atoms with van der Waals surface area (Å²) in [7, 11) is 0. The fourth-order valence-corrected chi connectivity index (χ4v) is 2.67. The molecule has 5 heteroatoms. The third-order valence-electron chi connectivity index (χ3n) is 3.86. The van der Waals surface area contributed by atoms with E-state index in [1.807, 2.05) is 13.8 Å². The molecule has 1 aliphatic heterocycles. The van der Waals surface area contributed by atoms with E-state index in [0.717, 1.165) is 19.3 Å². The van der Waals surface area contributed by atoms with Gasteiger partial charge in [-0.05, 0) is 39.0 Å². The highest BCUT2D eigenvalue weighted by molar-refractivity contribution is 5.69. The summed E-state index contributed by atoms with van der Waals surface area (Å²) in [4.78, 5) is 14.0. The van der Waals surface area contributed by atoms with Crippen molar-refractivity contribution in [3.63, 3.8) is 0 Å². The van der Waals surface area contributed by atoms with Crippen molar-refractivity contribution >= 4 is 6.09 Å². The summed E-state index contributed by atoms with van der Waals surface area (Å²) < 4.78 is 11.1. The van der Waals surface area contributed by atoms with E-state index in [0.29, 0.717) is 19.6 Å². The summed E-state index contributed by atoms with van der Waals surface area (Å²) in [5.41, 5.74) is -0.665. The number of carbonyl (C=O) groups is 1. The molecule has 0 aliphatic carbocycles. The number of unbranched alkanes of at least 4 members (excludes halogenated alkanes) is 1. The molecule has 21 heavy (non-hydrogen) atoms. The van der Waals surface area contributed by atoms with Gasteiger partial charge in [-0.3, -0.25) is 4.90 Å². The summed E-state index contributed by atoms with van der Waals surface area (Å²) in [6.07, 6.45) is 4.74. The van der Waals surface area contributed by atoms with E-state index in [-0.39, 0.29) is 24.7 Å². The molecule has 0 spiro atoms. The molecule has 1 unspecified atom stereocenters. The summed E-state index contributed by atoms with van der Waals surface area (Å²) in [6, 6.07) is -0.0637. The smallest absolute Gasteiger partial charge is 0.412 e. The van der Waals surface area contributed by atoms with E-state index >= 15 is 0 Å². The van der Waals surface area contributed by atoms with Crippen LogP contribution in [0.1, 0.15) is 46.5 Å². The summed E-state index contributed by atoms with van der Waals surface area (Å²) in [5, 5.41) is 9.42. The number of rotatable bonds is 8. The maximum Gasteiger partial charge on any atom is 0.412 e. The quantitative estimate of drug-likeness (QED) is 0.553. The van der Waals surface area contributed by atoms with Gasteiger partial charge in [0.2, 0.25) is 0 Å². The summed E-state index contributed by atoms with van der Waals surface area (Å²) >= 11 is 0. The maximum absolute atomic E-state index is 12.3. The molecule has 2 atom stereocenters. The number of aliphatic hydroxyl groups is 1. The molecule has 1 amide bonds. The molecule has 0 radical (unpaired) electrons. The van der Waals surface area contributed by atoms with Gasteiger partial charge in [-0.15, -0.1) is 6.58 Å². The Morgan fingerprint density at radius 2 is 2.33 bits per heavy atom. The van der Waals surface area contributed by atoms with Crippen LogP contribution in [0.5, 0.6) is 0 Å². The second-order valence-corrected chi connectivity index (χ2v) is 6.06. The molecule has 1 N–H and O–H groups in total. The number of ether oxygens (including phenoxy) is 2. The van der Waals surface area contributed by atoms with E-state index in [9.17, 15) is 9.90 Å². The molecule has 1 aliphatic rings. The number of aliphatic hydroxyl groups excluding tert-OH is 1. The van der Waals surface area contributed by atoms with Crippen LogP contribution in [-0.2, 0) is 9.47 Å². The average molecular weight is 299 g/mol. The summed E-state index contributed by atoms with van der Waals surface area (Å²) in [5.74, 6) is 0.0935. The van der Waals surface area contributed by atoms with E-state index in [2.05, 4.69) is 13.5 Å². The van der Waals surface area contributed by atoms with E-state index < -0.39 is 5.72 Å². The summed E-state index contributed by atoms with van der Waals surface area (Å²) in [6.45, 7) is 10.5. The Hall–Kier alpha value is -1.07. The highest BCUT2D eigenvalue weighted by Gasteiger charge is 2.45. The highest BCUT2D eigenvalue weighted by atomic mass is 16.6. The topological polar surface area (TPSA) is 59.0 Å². The number of hydrogen-bond donors (Lipinski definition) is 1. The normalized spacial score (nSPS) is 22.1. The fourth-order valence-electron chi connectivity index (χ4n) is 2.67. The van der Waals surface area contributed by atoms with Crippen molar-refractivity contribution in [3.05, 3.63) is 12.7 Å². The standard InChI is InChI=1S/C16H29NO4/c1-5-7-9-20-15(19)17-14(12-21-16(17,3)4)10-13(11-18)8-6-2/h6,13-14,18H,2,5,7-12H2,1,3-4H3/t13-,14?/m0/s1. The van der Waals surface area contributed by atoms with E-state index in [4.69, 9.17) is 9.47 Å². The molecular formula is C16H29NO4. The third kappa shape index (κ3) is 5.00. The van der Waals surface area contributed by atoms with Gasteiger partial charge in [0.1, 0.15) is 5.72 Å². The van der Waals surface area contributed by atoms with Crippen molar-refractivity contribution in [2.75, 3.05) is 19.8 Å². The van der Waals surface area contributed by atoms with Gasteiger partial charge in [0.05, 0.1) is 19.3 Å². The predicted molar refractivity (Wildman–Crippen MR) is 81.9 cm³/mol. The van der Waals surface area contributed by atoms with E-state index in [1.165, 1.54) is 0 Å². The second-order valence-electron chi connectivity index (χ2n) is 6.06. The molecule has 1 heterocycles. The lowest BCUT2D eigenvalue weighted by molar-refractivity contribution is -0.0489. The number of hydrogen-bond acceptors (Lipinski definition) is 4. The van der Waals surface area contributed by atoms with Crippen LogP contribution < -0.4 is 0 Å². The van der Waals surface area contributed by atoms with Crippen molar-refractivity contribution in [2.45, 2.75) is 58.2 Å². The first-order valence-electron chi connectivity index (χ1n) is 7.78. The molecule has 122 valence electrons. The zero-order valence-corrected chi connectivity index (χ0v) is 13.5. The second kappa shape index (κ2) is 8.39. The minimum atomic E-state index is -0.665. The van der Waals surface area contributed by atoms with Crippen LogP contribution in [0.15, 0.2) is 12.7 Å². The molecule has 5 nitrogen and oxygen atoms in total. The van der Waals surface area contributed by atoms with Crippen molar-refractivity contribution in [1.82, 2.24) is 4.90 Å². The monoisotopic (exact) mass is 299 g/mol. The lowest BCUT2D eigenvalue weighted by atomic mass is 9.97. The Labute approximate surface area is 127 Å². The van der Waals surface area contributed by atoms with Gasteiger partial charge < -0.3 is 14.6 Å². The fraction of sp³-hybridized carbons (Fsp3) is 0.812.